The van der Waals surface area contributed by atoms with E-state index in [2.05, 4.69) is 0 Å². The summed E-state index contributed by atoms with van der Waals surface area (Å²) in [5.41, 5.74) is 4.37. The molecule has 1 aromatic heterocycles. The number of hydrogen-bond acceptors (Lipinski definition) is 4. The highest BCUT2D eigenvalue weighted by Crippen LogP contribution is 2.38. The molecule has 3 aromatic carbocycles. The van der Waals surface area contributed by atoms with E-state index in [0.29, 0.717) is 19.4 Å². The Morgan fingerprint density at radius 2 is 1.86 bits per heavy atom. The van der Waals surface area contributed by atoms with E-state index in [4.69, 9.17) is 9.15 Å². The van der Waals surface area contributed by atoms with Gasteiger partial charge in [0.25, 0.3) is 0 Å². The van der Waals surface area contributed by atoms with Crippen molar-refractivity contribution >= 4 is 27.9 Å². The Kier molecular flexibility index (Phi) is 4.14. The minimum Gasteiger partial charge on any atom is -0.465 e. The maximum atomic E-state index is 12.2. The number of carbonyl (C=O) groups is 1. The van der Waals surface area contributed by atoms with Crippen LogP contribution >= 0.6 is 0 Å². The Bertz CT molecular complexity index is 1160. The molecule has 0 radical (unpaired) electrons. The molecule has 1 fully saturated rings. The summed E-state index contributed by atoms with van der Waals surface area (Å²) in [4.78, 5) is 12.2. The van der Waals surface area contributed by atoms with Crippen molar-refractivity contribution in [2.75, 3.05) is 6.61 Å². The Morgan fingerprint density at radius 3 is 2.64 bits per heavy atom. The van der Waals surface area contributed by atoms with Gasteiger partial charge in [-0.1, -0.05) is 48.5 Å². The van der Waals surface area contributed by atoms with Crippen molar-refractivity contribution in [3.8, 4) is 0 Å². The first kappa shape index (κ1) is 17.0. The van der Waals surface area contributed by atoms with Crippen LogP contribution in [0.1, 0.15) is 35.1 Å². The van der Waals surface area contributed by atoms with E-state index in [9.17, 15) is 9.90 Å². The number of carbonyl (C=O) groups excluding carboxylic acids is 1. The predicted octanol–water partition coefficient (Wildman–Crippen LogP) is 4.89. The van der Waals surface area contributed by atoms with Crippen molar-refractivity contribution in [1.29, 1.82) is 0 Å². The Balaban J connectivity index is 1.60. The number of furan rings is 1. The number of aliphatic hydroxyl groups is 1. The summed E-state index contributed by atoms with van der Waals surface area (Å²) >= 11 is 0. The summed E-state index contributed by atoms with van der Waals surface area (Å²) in [6.07, 6.45) is 0.616. The van der Waals surface area contributed by atoms with Crippen LogP contribution in [0.25, 0.3) is 21.9 Å². The fourth-order valence-corrected chi connectivity index (χ4v) is 4.10. The number of fused-ring (bicyclic) bond motifs is 3. The highest BCUT2D eigenvalue weighted by atomic mass is 16.5. The topological polar surface area (TPSA) is 59.7 Å². The normalized spacial score (nSPS) is 17.9. The number of hydrogen-bond donors (Lipinski definition) is 1. The molecule has 5 rings (SSSR count). The van der Waals surface area contributed by atoms with Crippen LogP contribution in [0.5, 0.6) is 0 Å². The van der Waals surface area contributed by atoms with Gasteiger partial charge in [0, 0.05) is 17.2 Å². The Hall–Kier alpha value is -3.11. The third-order valence-corrected chi connectivity index (χ3v) is 5.52. The second-order valence-electron chi connectivity index (χ2n) is 7.29. The zero-order chi connectivity index (χ0) is 19.1. The van der Waals surface area contributed by atoms with Crippen LogP contribution in [0.4, 0.5) is 0 Å². The van der Waals surface area contributed by atoms with Gasteiger partial charge in [0.2, 0.25) is 0 Å². The second kappa shape index (κ2) is 6.80. The van der Waals surface area contributed by atoms with Gasteiger partial charge in [-0.05, 0) is 41.3 Å². The van der Waals surface area contributed by atoms with E-state index in [0.717, 1.165) is 38.6 Å². The lowest BCUT2D eigenvalue weighted by Crippen LogP contribution is -2.06. The first-order valence-electron chi connectivity index (χ1n) is 9.54. The molecule has 0 saturated carbocycles. The molecule has 1 aliphatic heterocycles. The molecule has 0 amide bonds. The minimum atomic E-state index is -0.611. The third kappa shape index (κ3) is 2.86. The Labute approximate surface area is 162 Å². The molecule has 0 spiro atoms. The van der Waals surface area contributed by atoms with E-state index in [-0.39, 0.29) is 11.9 Å². The van der Waals surface area contributed by atoms with Gasteiger partial charge in [-0.25, -0.2) is 0 Å². The highest BCUT2D eigenvalue weighted by Gasteiger charge is 2.30. The summed E-state index contributed by atoms with van der Waals surface area (Å²) in [6.45, 7) is 0.455. The average Bonchev–Trinajstić information content (AvgIpc) is 3.31. The van der Waals surface area contributed by atoms with Gasteiger partial charge in [0.05, 0.1) is 18.6 Å². The maximum absolute atomic E-state index is 12.2. The van der Waals surface area contributed by atoms with Gasteiger partial charge < -0.3 is 14.3 Å². The van der Waals surface area contributed by atoms with Crippen LogP contribution in [0, 0.1) is 0 Å². The van der Waals surface area contributed by atoms with Crippen molar-refractivity contribution in [1.82, 2.24) is 0 Å². The lowest BCUT2D eigenvalue weighted by atomic mass is 9.92. The fourth-order valence-electron chi connectivity index (χ4n) is 4.10. The first-order valence-corrected chi connectivity index (χ1v) is 9.54. The van der Waals surface area contributed by atoms with Gasteiger partial charge in [-0.3, -0.25) is 4.79 Å². The summed E-state index contributed by atoms with van der Waals surface area (Å²) in [5, 5.41) is 12.6. The number of benzene rings is 3. The summed E-state index contributed by atoms with van der Waals surface area (Å²) in [7, 11) is 0. The van der Waals surface area contributed by atoms with Crippen molar-refractivity contribution < 1.29 is 19.1 Å². The van der Waals surface area contributed by atoms with Crippen LogP contribution < -0.4 is 0 Å². The van der Waals surface area contributed by atoms with E-state index < -0.39 is 6.10 Å². The summed E-state index contributed by atoms with van der Waals surface area (Å²) < 4.78 is 11.2. The number of aliphatic hydroxyl groups excluding tert-OH is 1. The fraction of sp³-hybridized carbons (Fsp3) is 0.208. The molecular formula is C24H20O4. The van der Waals surface area contributed by atoms with Crippen LogP contribution in [0.2, 0.25) is 0 Å². The number of ether oxygens (including phenoxy) is 1. The molecule has 4 aromatic rings. The average molecular weight is 372 g/mol. The maximum Gasteiger partial charge on any atom is 0.313 e. The molecular weight excluding hydrogens is 352 g/mol. The van der Waals surface area contributed by atoms with Gasteiger partial charge in [-0.2, -0.15) is 0 Å². The number of cyclic esters (lactones) is 1. The number of esters is 1. The highest BCUT2D eigenvalue weighted by molar-refractivity contribution is 6.08. The molecule has 2 unspecified atom stereocenters. The van der Waals surface area contributed by atoms with E-state index in [1.165, 1.54) is 0 Å². The molecule has 140 valence electrons. The van der Waals surface area contributed by atoms with E-state index >= 15 is 0 Å². The molecule has 28 heavy (non-hydrogen) atoms. The third-order valence-electron chi connectivity index (χ3n) is 5.52. The lowest BCUT2D eigenvalue weighted by Gasteiger charge is -2.12. The summed E-state index contributed by atoms with van der Waals surface area (Å²) in [6, 6.07) is 21.5. The molecule has 1 aliphatic rings. The van der Waals surface area contributed by atoms with Gasteiger partial charge in [0.1, 0.15) is 11.2 Å². The van der Waals surface area contributed by atoms with Crippen molar-refractivity contribution in [2.45, 2.75) is 24.9 Å². The standard InChI is InChI=1S/C24H20O4/c25-20(13-15-5-2-1-3-6-15)16-9-10-21-19(14-16)23-17(7-4-8-22(23)28-21)18-11-12-27-24(18)26/h1-10,14,18,20,25H,11-13H2. The van der Waals surface area contributed by atoms with Gasteiger partial charge in [-0.15, -0.1) is 0 Å². The molecule has 4 heteroatoms. The van der Waals surface area contributed by atoms with Gasteiger partial charge in [0.15, 0.2) is 0 Å². The van der Waals surface area contributed by atoms with Crippen LogP contribution in [0.3, 0.4) is 0 Å². The minimum absolute atomic E-state index is 0.179. The van der Waals surface area contributed by atoms with Crippen molar-refractivity contribution in [2.24, 2.45) is 0 Å². The van der Waals surface area contributed by atoms with Crippen LogP contribution in [-0.2, 0) is 16.0 Å². The zero-order valence-corrected chi connectivity index (χ0v) is 15.3. The van der Waals surface area contributed by atoms with E-state index in [1.54, 1.807) is 0 Å². The predicted molar refractivity (Wildman–Crippen MR) is 107 cm³/mol. The lowest BCUT2D eigenvalue weighted by molar-refractivity contribution is -0.139. The SMILES string of the molecule is O=C1OCCC1c1cccc2oc3ccc(C(O)Cc4ccccc4)cc3c12. The smallest absolute Gasteiger partial charge is 0.313 e. The van der Waals surface area contributed by atoms with Crippen molar-refractivity contribution in [3.63, 3.8) is 0 Å². The molecule has 1 N–H and O–H groups in total. The van der Waals surface area contributed by atoms with Crippen LogP contribution in [0.15, 0.2) is 71.1 Å². The molecule has 4 nitrogen and oxygen atoms in total. The zero-order valence-electron chi connectivity index (χ0n) is 15.3. The van der Waals surface area contributed by atoms with Gasteiger partial charge >= 0.3 is 5.97 Å². The quantitative estimate of drug-likeness (QED) is 0.518. The largest absolute Gasteiger partial charge is 0.465 e. The van der Waals surface area contributed by atoms with E-state index in [1.807, 2.05) is 66.7 Å². The first-order chi connectivity index (χ1) is 13.7. The summed E-state index contributed by atoms with van der Waals surface area (Å²) in [5.74, 6) is -0.440. The molecule has 0 bridgehead atoms. The monoisotopic (exact) mass is 372 g/mol. The Morgan fingerprint density at radius 1 is 1.00 bits per heavy atom. The van der Waals surface area contributed by atoms with Crippen LogP contribution in [-0.4, -0.2) is 17.7 Å². The van der Waals surface area contributed by atoms with Crippen molar-refractivity contribution in [3.05, 3.63) is 83.4 Å². The molecule has 2 heterocycles. The molecule has 2 atom stereocenters. The second-order valence-corrected chi connectivity index (χ2v) is 7.29. The molecule has 0 aliphatic carbocycles. The number of rotatable bonds is 4. The molecule has 1 saturated heterocycles.